The molecule has 0 radical (unpaired) electrons. The first-order chi connectivity index (χ1) is 12.1. The van der Waals surface area contributed by atoms with E-state index >= 15 is 0 Å². The normalized spacial score (nSPS) is 17.2. The van der Waals surface area contributed by atoms with E-state index in [2.05, 4.69) is 11.4 Å². The molecule has 2 aromatic carbocycles. The molecule has 1 heterocycles. The molecule has 3 nitrogen and oxygen atoms in total. The van der Waals surface area contributed by atoms with Gasteiger partial charge in [0, 0.05) is 28.1 Å². The fourth-order valence-corrected chi connectivity index (χ4v) is 4.17. The van der Waals surface area contributed by atoms with Crippen molar-refractivity contribution in [2.45, 2.75) is 18.1 Å². The monoisotopic (exact) mass is 388 g/mol. The van der Waals surface area contributed by atoms with Crippen molar-refractivity contribution in [1.29, 1.82) is 5.26 Å². The van der Waals surface area contributed by atoms with Gasteiger partial charge in [-0.2, -0.15) is 5.26 Å². The molecule has 1 amide bonds. The zero-order valence-electron chi connectivity index (χ0n) is 13.1. The van der Waals surface area contributed by atoms with Crippen molar-refractivity contribution in [2.75, 3.05) is 0 Å². The van der Waals surface area contributed by atoms with E-state index in [0.717, 1.165) is 11.1 Å². The molecule has 0 saturated heterocycles. The summed E-state index contributed by atoms with van der Waals surface area (Å²) in [5.74, 6) is 0.221. The Morgan fingerprint density at radius 3 is 2.56 bits per heavy atom. The number of nitrogens with one attached hydrogen (secondary N) is 1. The van der Waals surface area contributed by atoms with E-state index in [-0.39, 0.29) is 18.2 Å². The number of carbonyl (C=O) groups excluding carboxylic acids is 1. The minimum absolute atomic E-state index is 0.0967. The fraction of sp³-hybridized carbons (Fsp3) is 0.158. The van der Waals surface area contributed by atoms with Crippen molar-refractivity contribution in [3.63, 3.8) is 0 Å². The van der Waals surface area contributed by atoms with E-state index in [1.54, 1.807) is 12.1 Å². The van der Waals surface area contributed by atoms with Crippen LogP contribution in [0.15, 0.2) is 59.1 Å². The summed E-state index contributed by atoms with van der Waals surface area (Å²) >= 11 is 13.5. The van der Waals surface area contributed by atoms with Crippen molar-refractivity contribution in [1.82, 2.24) is 5.32 Å². The van der Waals surface area contributed by atoms with Gasteiger partial charge in [-0.05, 0) is 29.3 Å². The number of carbonyl (C=O) groups is 1. The number of thioether (sulfide) groups is 1. The number of hydrogen-bond donors (Lipinski definition) is 1. The predicted octanol–water partition coefficient (Wildman–Crippen LogP) is 5.27. The Bertz CT molecular complexity index is 872. The molecule has 0 bridgehead atoms. The van der Waals surface area contributed by atoms with Gasteiger partial charge in [0.1, 0.15) is 0 Å². The average molecular weight is 389 g/mol. The van der Waals surface area contributed by atoms with Crippen LogP contribution in [0.4, 0.5) is 0 Å². The molecule has 3 rings (SSSR count). The van der Waals surface area contributed by atoms with Crippen LogP contribution in [0, 0.1) is 11.3 Å². The summed E-state index contributed by atoms with van der Waals surface area (Å²) in [4.78, 5) is 12.1. The molecule has 0 spiro atoms. The maximum absolute atomic E-state index is 12.1. The van der Waals surface area contributed by atoms with E-state index in [4.69, 9.17) is 23.2 Å². The highest BCUT2D eigenvalue weighted by Crippen LogP contribution is 2.37. The van der Waals surface area contributed by atoms with Crippen LogP contribution in [0.1, 0.15) is 23.5 Å². The number of hydrogen-bond acceptors (Lipinski definition) is 3. The van der Waals surface area contributed by atoms with Crippen LogP contribution < -0.4 is 5.32 Å². The highest BCUT2D eigenvalue weighted by Gasteiger charge is 2.29. The van der Waals surface area contributed by atoms with Crippen LogP contribution in [0.2, 0.25) is 10.0 Å². The molecule has 0 fully saturated rings. The van der Waals surface area contributed by atoms with Crippen LogP contribution >= 0.6 is 35.0 Å². The lowest BCUT2D eigenvalue weighted by Crippen LogP contribution is -2.30. The topological polar surface area (TPSA) is 52.9 Å². The molecule has 2 aromatic rings. The van der Waals surface area contributed by atoms with Gasteiger partial charge in [-0.25, -0.2) is 0 Å². The van der Waals surface area contributed by atoms with Gasteiger partial charge in [0.15, 0.2) is 0 Å². The number of halogens is 2. The predicted molar refractivity (Wildman–Crippen MR) is 102 cm³/mol. The van der Waals surface area contributed by atoms with E-state index in [1.807, 2.05) is 36.4 Å². The van der Waals surface area contributed by atoms with E-state index < -0.39 is 0 Å². The lowest BCUT2D eigenvalue weighted by molar-refractivity contribution is -0.120. The fourth-order valence-electron chi connectivity index (χ4n) is 2.68. The van der Waals surface area contributed by atoms with Gasteiger partial charge in [-0.3, -0.25) is 4.79 Å². The van der Waals surface area contributed by atoms with Gasteiger partial charge in [0.05, 0.1) is 16.7 Å². The third-order valence-electron chi connectivity index (χ3n) is 3.96. The summed E-state index contributed by atoms with van der Waals surface area (Å²) < 4.78 is 0. The Hall–Kier alpha value is -1.93. The third-order valence-corrected chi connectivity index (χ3v) is 5.64. The number of benzene rings is 2. The maximum atomic E-state index is 12.1. The molecule has 25 heavy (non-hydrogen) atoms. The quantitative estimate of drug-likeness (QED) is 0.776. The number of rotatable bonds is 4. The van der Waals surface area contributed by atoms with Gasteiger partial charge >= 0.3 is 0 Å². The Morgan fingerprint density at radius 1 is 1.16 bits per heavy atom. The largest absolute Gasteiger partial charge is 0.320 e. The lowest BCUT2D eigenvalue weighted by Gasteiger charge is -2.25. The van der Waals surface area contributed by atoms with Gasteiger partial charge in [0.2, 0.25) is 5.91 Å². The van der Waals surface area contributed by atoms with Gasteiger partial charge in [0.25, 0.3) is 0 Å². The molecule has 1 aliphatic heterocycles. The van der Waals surface area contributed by atoms with E-state index in [9.17, 15) is 10.1 Å². The number of nitrogens with zero attached hydrogens (tertiary/aromatic N) is 1. The van der Waals surface area contributed by atoms with Crippen molar-refractivity contribution in [3.05, 3.63) is 80.3 Å². The molecule has 0 aromatic heterocycles. The summed E-state index contributed by atoms with van der Waals surface area (Å²) in [6.07, 6.45) is 0.251. The number of amides is 1. The molecule has 126 valence electrons. The molecule has 6 heteroatoms. The second-order valence-electron chi connectivity index (χ2n) is 5.59. The van der Waals surface area contributed by atoms with Crippen LogP contribution in [-0.2, 0) is 10.5 Å². The Balaban J connectivity index is 1.89. The maximum Gasteiger partial charge on any atom is 0.225 e. The molecular weight excluding hydrogens is 375 g/mol. The second-order valence-corrected chi connectivity index (χ2v) is 7.42. The molecule has 1 atom stereocenters. The Kier molecular flexibility index (Phi) is 5.70. The summed E-state index contributed by atoms with van der Waals surface area (Å²) in [6.45, 7) is 0. The molecule has 0 unspecified atom stereocenters. The van der Waals surface area contributed by atoms with Crippen molar-refractivity contribution >= 4 is 40.9 Å². The van der Waals surface area contributed by atoms with Crippen molar-refractivity contribution in [2.24, 2.45) is 0 Å². The summed E-state index contributed by atoms with van der Waals surface area (Å²) in [7, 11) is 0. The van der Waals surface area contributed by atoms with E-state index in [0.29, 0.717) is 26.4 Å². The smallest absolute Gasteiger partial charge is 0.225 e. The summed E-state index contributed by atoms with van der Waals surface area (Å²) in [6, 6.07) is 17.1. The average Bonchev–Trinajstić information content (AvgIpc) is 2.61. The Morgan fingerprint density at radius 2 is 1.88 bits per heavy atom. The highest BCUT2D eigenvalue weighted by atomic mass is 35.5. The lowest BCUT2D eigenvalue weighted by atomic mass is 9.87. The molecule has 0 saturated carbocycles. The number of allylic oxidation sites excluding steroid dienone is 1. The van der Waals surface area contributed by atoms with Crippen LogP contribution in [0.3, 0.4) is 0 Å². The Labute approximate surface area is 160 Å². The van der Waals surface area contributed by atoms with Gasteiger partial charge < -0.3 is 5.32 Å². The van der Waals surface area contributed by atoms with Crippen LogP contribution in [0.25, 0.3) is 0 Å². The molecule has 1 N–H and O–H groups in total. The summed E-state index contributed by atoms with van der Waals surface area (Å²) in [5.41, 5.74) is 2.44. The SMILES string of the molecule is N#CC1=C(SCc2ccccc2Cl)NC(=O)C[C@@H]1c1ccc(Cl)cc1. The third kappa shape index (κ3) is 4.19. The molecule has 0 aliphatic carbocycles. The zero-order valence-corrected chi connectivity index (χ0v) is 15.5. The summed E-state index contributed by atoms with van der Waals surface area (Å²) in [5, 5.41) is 14.4. The van der Waals surface area contributed by atoms with Gasteiger partial charge in [-0.1, -0.05) is 53.5 Å². The number of nitriles is 1. The first kappa shape index (κ1) is 17.9. The first-order valence-corrected chi connectivity index (χ1v) is 9.38. The highest BCUT2D eigenvalue weighted by molar-refractivity contribution is 8.02. The van der Waals surface area contributed by atoms with Crippen LogP contribution in [-0.4, -0.2) is 5.91 Å². The standard InChI is InChI=1S/C19H14Cl2N2OS/c20-14-7-5-12(6-8-14)15-9-18(24)23-19(16(15)10-22)25-11-13-3-1-2-4-17(13)21/h1-8,15H,9,11H2,(H,23,24)/t15-/m1/s1. The minimum atomic E-state index is -0.259. The second kappa shape index (κ2) is 7.97. The van der Waals surface area contributed by atoms with E-state index in [1.165, 1.54) is 11.8 Å². The van der Waals surface area contributed by atoms with Crippen molar-refractivity contribution < 1.29 is 4.79 Å². The minimum Gasteiger partial charge on any atom is -0.320 e. The zero-order chi connectivity index (χ0) is 17.8. The van der Waals surface area contributed by atoms with Crippen LogP contribution in [0.5, 0.6) is 0 Å². The first-order valence-electron chi connectivity index (χ1n) is 7.64. The molecular formula is C19H14Cl2N2OS. The van der Waals surface area contributed by atoms with Crippen molar-refractivity contribution in [3.8, 4) is 6.07 Å². The van der Waals surface area contributed by atoms with Gasteiger partial charge in [-0.15, -0.1) is 11.8 Å². The molecule has 1 aliphatic rings.